The van der Waals surface area contributed by atoms with Crippen molar-refractivity contribution in [3.63, 3.8) is 0 Å². The van der Waals surface area contributed by atoms with Gasteiger partial charge < -0.3 is 10.5 Å². The van der Waals surface area contributed by atoms with E-state index >= 15 is 0 Å². The lowest BCUT2D eigenvalue weighted by Gasteiger charge is -2.19. The fourth-order valence-corrected chi connectivity index (χ4v) is 1.58. The summed E-state index contributed by atoms with van der Waals surface area (Å²) in [4.78, 5) is 16.1. The average molecular weight is 306 g/mol. The number of benzene rings is 1. The zero-order valence-electron chi connectivity index (χ0n) is 14.3. The van der Waals surface area contributed by atoms with Crippen LogP contribution in [0.1, 0.15) is 52.7 Å². The van der Waals surface area contributed by atoms with Gasteiger partial charge in [0.2, 0.25) is 0 Å². The number of ether oxygens (including phenoxy) is 1. The summed E-state index contributed by atoms with van der Waals surface area (Å²) in [5.74, 6) is 0.133. The predicted octanol–water partition coefficient (Wildman–Crippen LogP) is 3.80. The van der Waals surface area contributed by atoms with Gasteiger partial charge in [-0.15, -0.1) is 0 Å². The summed E-state index contributed by atoms with van der Waals surface area (Å²) in [7, 11) is 0. The molecule has 0 aliphatic rings. The van der Waals surface area contributed by atoms with E-state index in [1.807, 2.05) is 45.0 Å². The molecule has 5 heteroatoms. The van der Waals surface area contributed by atoms with Crippen LogP contribution < -0.4 is 5.73 Å². The standard InChI is InChI=1S/C17H26N2O3/c1-16(2,3)11-21-15(20)22-19-14(18)12-7-9-13(10-8-12)17(4,5)6/h7-10H,11H2,1-6H3,(H2,18,19). The van der Waals surface area contributed by atoms with Crippen molar-refractivity contribution in [3.8, 4) is 0 Å². The highest BCUT2D eigenvalue weighted by Crippen LogP contribution is 2.22. The van der Waals surface area contributed by atoms with Crippen LogP contribution in [0.15, 0.2) is 29.4 Å². The van der Waals surface area contributed by atoms with E-state index in [9.17, 15) is 4.79 Å². The van der Waals surface area contributed by atoms with Crippen molar-refractivity contribution in [2.45, 2.75) is 47.0 Å². The van der Waals surface area contributed by atoms with Crippen LogP contribution in [0.2, 0.25) is 0 Å². The molecule has 0 aliphatic heterocycles. The first kappa shape index (κ1) is 18.0. The van der Waals surface area contributed by atoms with E-state index in [0.29, 0.717) is 5.56 Å². The molecule has 0 atom stereocenters. The summed E-state index contributed by atoms with van der Waals surface area (Å²) in [5, 5.41) is 3.61. The number of hydrogen-bond donors (Lipinski definition) is 1. The third kappa shape index (κ3) is 6.16. The highest BCUT2D eigenvalue weighted by molar-refractivity contribution is 5.97. The highest BCUT2D eigenvalue weighted by Gasteiger charge is 2.15. The lowest BCUT2D eigenvalue weighted by atomic mass is 9.87. The molecule has 0 bridgehead atoms. The quantitative estimate of drug-likeness (QED) is 0.303. The van der Waals surface area contributed by atoms with Gasteiger partial charge in [-0.25, -0.2) is 4.79 Å². The third-order valence-electron chi connectivity index (χ3n) is 2.89. The van der Waals surface area contributed by atoms with Crippen molar-refractivity contribution in [2.75, 3.05) is 6.61 Å². The SMILES string of the molecule is CC(C)(C)COC(=O)O/N=C(\N)c1ccc(C(C)(C)C)cc1. The summed E-state index contributed by atoms with van der Waals surface area (Å²) >= 11 is 0. The summed E-state index contributed by atoms with van der Waals surface area (Å²) in [5.41, 5.74) is 7.62. The zero-order chi connectivity index (χ0) is 17.0. The van der Waals surface area contributed by atoms with Gasteiger partial charge in [0.05, 0.1) is 6.61 Å². The topological polar surface area (TPSA) is 73.9 Å². The Morgan fingerprint density at radius 1 is 1.09 bits per heavy atom. The van der Waals surface area contributed by atoms with E-state index in [1.54, 1.807) is 0 Å². The first-order chi connectivity index (χ1) is 9.99. The van der Waals surface area contributed by atoms with Crippen LogP contribution in [0.4, 0.5) is 4.79 Å². The maximum absolute atomic E-state index is 11.4. The molecule has 0 saturated carbocycles. The lowest BCUT2D eigenvalue weighted by molar-refractivity contribution is 0.0348. The van der Waals surface area contributed by atoms with Crippen molar-refractivity contribution in [3.05, 3.63) is 35.4 Å². The molecule has 0 unspecified atom stereocenters. The zero-order valence-corrected chi connectivity index (χ0v) is 14.3. The number of hydrogen-bond acceptors (Lipinski definition) is 4. The van der Waals surface area contributed by atoms with Gasteiger partial charge in [0, 0.05) is 5.56 Å². The fraction of sp³-hybridized carbons (Fsp3) is 0.529. The molecule has 1 aromatic carbocycles. The minimum absolute atomic E-state index is 0.0672. The number of oxime groups is 1. The third-order valence-corrected chi connectivity index (χ3v) is 2.89. The van der Waals surface area contributed by atoms with Crippen LogP contribution in [0.25, 0.3) is 0 Å². The van der Waals surface area contributed by atoms with Gasteiger partial charge >= 0.3 is 6.16 Å². The average Bonchev–Trinajstić information content (AvgIpc) is 2.41. The van der Waals surface area contributed by atoms with Crippen LogP contribution in [0, 0.1) is 5.41 Å². The molecule has 1 rings (SSSR count). The molecule has 0 heterocycles. The molecule has 0 spiro atoms. The summed E-state index contributed by atoms with van der Waals surface area (Å²) in [6.07, 6.45) is -0.857. The Labute approximate surface area is 132 Å². The van der Waals surface area contributed by atoms with Gasteiger partial charge in [-0.05, 0) is 16.4 Å². The predicted molar refractivity (Wildman–Crippen MR) is 87.8 cm³/mol. The minimum Gasteiger partial charge on any atom is -0.432 e. The van der Waals surface area contributed by atoms with Crippen LogP contribution in [0.3, 0.4) is 0 Å². The molecular formula is C17H26N2O3. The second-order valence-electron chi connectivity index (χ2n) is 7.49. The molecule has 0 radical (unpaired) electrons. The van der Waals surface area contributed by atoms with Crippen molar-refractivity contribution in [1.82, 2.24) is 0 Å². The smallest absolute Gasteiger partial charge is 0.432 e. The Morgan fingerprint density at radius 2 is 1.64 bits per heavy atom. The van der Waals surface area contributed by atoms with E-state index in [0.717, 1.165) is 0 Å². The molecule has 0 fully saturated rings. The number of carbonyl (C=O) groups is 1. The van der Waals surface area contributed by atoms with E-state index < -0.39 is 6.16 Å². The largest absolute Gasteiger partial charge is 0.535 e. The van der Waals surface area contributed by atoms with Crippen LogP contribution >= 0.6 is 0 Å². The van der Waals surface area contributed by atoms with Crippen LogP contribution in [-0.4, -0.2) is 18.6 Å². The van der Waals surface area contributed by atoms with Crippen LogP contribution in [-0.2, 0) is 15.0 Å². The number of nitrogens with two attached hydrogens (primary N) is 1. The van der Waals surface area contributed by atoms with Crippen molar-refractivity contribution in [1.29, 1.82) is 0 Å². The Hall–Kier alpha value is -2.04. The fourth-order valence-electron chi connectivity index (χ4n) is 1.58. The van der Waals surface area contributed by atoms with Gasteiger partial charge in [0.25, 0.3) is 0 Å². The number of carbonyl (C=O) groups excluding carboxylic acids is 1. The van der Waals surface area contributed by atoms with E-state index in [4.69, 9.17) is 10.5 Å². The molecule has 0 aliphatic carbocycles. The maximum Gasteiger partial charge on any atom is 0.535 e. The van der Waals surface area contributed by atoms with Crippen molar-refractivity contribution >= 4 is 12.0 Å². The van der Waals surface area contributed by atoms with Gasteiger partial charge in [-0.1, -0.05) is 71.0 Å². The molecule has 0 saturated heterocycles. The molecule has 2 N–H and O–H groups in total. The van der Waals surface area contributed by atoms with Gasteiger partial charge in [-0.3, -0.25) is 4.84 Å². The first-order valence-corrected chi connectivity index (χ1v) is 7.27. The van der Waals surface area contributed by atoms with Gasteiger partial charge in [0.15, 0.2) is 5.84 Å². The van der Waals surface area contributed by atoms with Crippen LogP contribution in [0.5, 0.6) is 0 Å². The first-order valence-electron chi connectivity index (χ1n) is 7.27. The molecule has 22 heavy (non-hydrogen) atoms. The van der Waals surface area contributed by atoms with Gasteiger partial charge in [-0.2, -0.15) is 0 Å². The summed E-state index contributed by atoms with van der Waals surface area (Å²) in [6.45, 7) is 12.5. The molecule has 1 aromatic rings. The van der Waals surface area contributed by atoms with E-state index in [-0.39, 0.29) is 23.3 Å². The number of nitrogens with zero attached hydrogens (tertiary/aromatic N) is 1. The molecule has 0 aromatic heterocycles. The molecular weight excluding hydrogens is 280 g/mol. The van der Waals surface area contributed by atoms with Crippen molar-refractivity contribution < 1.29 is 14.4 Å². The number of amidine groups is 1. The molecule has 122 valence electrons. The second-order valence-corrected chi connectivity index (χ2v) is 7.49. The Bertz CT molecular complexity index is 535. The lowest BCUT2D eigenvalue weighted by Crippen LogP contribution is -2.20. The van der Waals surface area contributed by atoms with Gasteiger partial charge in [0.1, 0.15) is 0 Å². The van der Waals surface area contributed by atoms with E-state index in [1.165, 1.54) is 5.56 Å². The summed E-state index contributed by atoms with van der Waals surface area (Å²) < 4.78 is 4.93. The van der Waals surface area contributed by atoms with E-state index in [2.05, 4.69) is 30.8 Å². The monoisotopic (exact) mass is 306 g/mol. The van der Waals surface area contributed by atoms with Crippen molar-refractivity contribution in [2.24, 2.45) is 16.3 Å². The Balaban J connectivity index is 2.64. The maximum atomic E-state index is 11.4. The number of rotatable bonds is 3. The molecule has 0 amide bonds. The Kier molecular flexibility index (Phi) is 5.58. The second kappa shape index (κ2) is 6.81. The Morgan fingerprint density at radius 3 is 2.09 bits per heavy atom. The minimum atomic E-state index is -0.857. The summed E-state index contributed by atoms with van der Waals surface area (Å²) in [6, 6.07) is 7.66. The normalized spacial score (nSPS) is 12.9. The highest BCUT2D eigenvalue weighted by atomic mass is 16.8. The molecule has 5 nitrogen and oxygen atoms in total.